The number of likely N-dealkylation sites (N-methyl/N-ethyl adjacent to an activating group) is 1. The maximum atomic E-state index is 5.44. The molecule has 2 aromatic rings. The molecule has 0 aliphatic rings. The molecular weight excluding hydrogens is 445 g/mol. The van der Waals surface area contributed by atoms with Crippen LogP contribution in [0.4, 0.5) is 0 Å². The van der Waals surface area contributed by atoms with Gasteiger partial charge >= 0.3 is 0 Å². The van der Waals surface area contributed by atoms with Crippen LogP contribution >= 0.6 is 35.3 Å². The van der Waals surface area contributed by atoms with Crippen LogP contribution in [0.5, 0.6) is 5.75 Å². The average molecular weight is 473 g/mol. The van der Waals surface area contributed by atoms with Crippen molar-refractivity contribution in [2.75, 3.05) is 34.3 Å². The van der Waals surface area contributed by atoms with Crippen molar-refractivity contribution >= 4 is 41.3 Å². The number of aliphatic imine (C=N–C) groups is 1. The average Bonchev–Trinajstić information content (AvgIpc) is 3.10. The number of guanidine groups is 1. The lowest BCUT2D eigenvalue weighted by atomic mass is 10.1. The van der Waals surface area contributed by atoms with Gasteiger partial charge in [-0.05, 0) is 42.8 Å². The van der Waals surface area contributed by atoms with E-state index in [0.29, 0.717) is 0 Å². The van der Waals surface area contributed by atoms with E-state index in [1.807, 2.05) is 13.1 Å². The third-order valence-electron chi connectivity index (χ3n) is 3.96. The number of aryl methyl sites for hydroxylation is 1. The Balaban J connectivity index is 0.00000312. The van der Waals surface area contributed by atoms with E-state index in [2.05, 4.69) is 58.8 Å². The maximum Gasteiger partial charge on any atom is 0.193 e. The van der Waals surface area contributed by atoms with Crippen molar-refractivity contribution in [3.63, 3.8) is 0 Å². The summed E-state index contributed by atoms with van der Waals surface area (Å²) in [6, 6.07) is 10.6. The molecule has 0 bridgehead atoms. The summed E-state index contributed by atoms with van der Waals surface area (Å²) in [5.74, 6) is 1.88. The largest absolute Gasteiger partial charge is 0.496 e. The molecule has 0 saturated heterocycles. The molecule has 1 aromatic heterocycles. The second kappa shape index (κ2) is 11.4. The van der Waals surface area contributed by atoms with Crippen LogP contribution in [0.25, 0.3) is 0 Å². The monoisotopic (exact) mass is 473 g/mol. The second-order valence-corrected chi connectivity index (χ2v) is 6.82. The maximum absolute atomic E-state index is 5.44. The summed E-state index contributed by atoms with van der Waals surface area (Å²) < 4.78 is 5.44. The summed E-state index contributed by atoms with van der Waals surface area (Å²) in [7, 11) is 5.63. The second-order valence-electron chi connectivity index (χ2n) is 5.79. The zero-order valence-electron chi connectivity index (χ0n) is 15.4. The lowest BCUT2D eigenvalue weighted by Crippen LogP contribution is -2.40. The first-order chi connectivity index (χ1) is 11.6. The lowest BCUT2D eigenvalue weighted by molar-refractivity contribution is 0.409. The number of hydrogen-bond donors (Lipinski definition) is 1. The van der Waals surface area contributed by atoms with Crippen LogP contribution in [0.15, 0.2) is 40.7 Å². The van der Waals surface area contributed by atoms with Gasteiger partial charge in [0.15, 0.2) is 5.96 Å². The molecule has 1 N–H and O–H groups in total. The van der Waals surface area contributed by atoms with Crippen molar-refractivity contribution in [3.8, 4) is 5.75 Å². The molecular formula is C19H28IN3OS. The molecule has 0 aliphatic carbocycles. The van der Waals surface area contributed by atoms with Crippen LogP contribution in [0, 0.1) is 6.92 Å². The molecule has 6 heteroatoms. The number of ether oxygens (including phenoxy) is 1. The molecule has 0 atom stereocenters. The highest BCUT2D eigenvalue weighted by atomic mass is 127. The Morgan fingerprint density at radius 2 is 2.08 bits per heavy atom. The number of nitrogens with one attached hydrogen (secondary N) is 1. The summed E-state index contributed by atoms with van der Waals surface area (Å²) in [4.78, 5) is 7.96. The number of thiophene rings is 1. The van der Waals surface area contributed by atoms with E-state index in [4.69, 9.17) is 4.74 Å². The smallest absolute Gasteiger partial charge is 0.193 e. The van der Waals surface area contributed by atoms with Crippen LogP contribution in [0.2, 0.25) is 0 Å². The Bertz CT molecular complexity index is 659. The number of nitrogens with zero attached hydrogens (tertiary/aromatic N) is 2. The molecule has 0 saturated carbocycles. The molecule has 4 nitrogen and oxygen atoms in total. The van der Waals surface area contributed by atoms with Crippen LogP contribution in [0.1, 0.15) is 16.0 Å². The van der Waals surface area contributed by atoms with Crippen molar-refractivity contribution in [2.45, 2.75) is 19.8 Å². The SMILES string of the molecule is CN=C(NCCc1cc(C)ccc1OC)N(C)CCc1cccs1.I. The summed E-state index contributed by atoms with van der Waals surface area (Å²) >= 11 is 1.80. The summed E-state index contributed by atoms with van der Waals surface area (Å²) in [5.41, 5.74) is 2.48. The van der Waals surface area contributed by atoms with Crippen molar-refractivity contribution in [1.29, 1.82) is 0 Å². The molecule has 0 amide bonds. The predicted molar refractivity (Wildman–Crippen MR) is 119 cm³/mol. The molecule has 2 rings (SSSR count). The molecule has 25 heavy (non-hydrogen) atoms. The van der Waals surface area contributed by atoms with Crippen molar-refractivity contribution < 1.29 is 4.74 Å². The fourth-order valence-corrected chi connectivity index (χ4v) is 3.33. The molecule has 138 valence electrons. The number of hydrogen-bond acceptors (Lipinski definition) is 3. The lowest BCUT2D eigenvalue weighted by Gasteiger charge is -2.22. The summed E-state index contributed by atoms with van der Waals surface area (Å²) in [6.45, 7) is 3.89. The van der Waals surface area contributed by atoms with E-state index in [-0.39, 0.29) is 24.0 Å². The van der Waals surface area contributed by atoms with Gasteiger partial charge in [-0.15, -0.1) is 35.3 Å². The van der Waals surface area contributed by atoms with Gasteiger partial charge in [-0.3, -0.25) is 4.99 Å². The normalized spacial score (nSPS) is 11.0. The van der Waals surface area contributed by atoms with Crippen LogP contribution in [-0.4, -0.2) is 45.2 Å². The quantitative estimate of drug-likeness (QED) is 0.376. The highest BCUT2D eigenvalue weighted by molar-refractivity contribution is 14.0. The molecule has 1 aromatic carbocycles. The minimum absolute atomic E-state index is 0. The first-order valence-electron chi connectivity index (χ1n) is 8.21. The number of rotatable bonds is 7. The topological polar surface area (TPSA) is 36.9 Å². The van der Waals surface area contributed by atoms with Crippen molar-refractivity contribution in [2.24, 2.45) is 4.99 Å². The first-order valence-corrected chi connectivity index (χ1v) is 9.09. The van der Waals surface area contributed by atoms with Gasteiger partial charge in [0.2, 0.25) is 0 Å². The Hall–Kier alpha value is -1.28. The molecule has 0 fully saturated rings. The van der Waals surface area contributed by atoms with Crippen molar-refractivity contribution in [1.82, 2.24) is 10.2 Å². The Morgan fingerprint density at radius 3 is 2.72 bits per heavy atom. The van der Waals surface area contributed by atoms with Crippen LogP contribution in [-0.2, 0) is 12.8 Å². The van der Waals surface area contributed by atoms with Gasteiger partial charge in [0, 0.05) is 32.1 Å². The highest BCUT2D eigenvalue weighted by Crippen LogP contribution is 2.19. The van der Waals surface area contributed by atoms with Gasteiger partial charge in [-0.25, -0.2) is 0 Å². The van der Waals surface area contributed by atoms with Crippen LogP contribution in [0.3, 0.4) is 0 Å². The first kappa shape index (κ1) is 21.8. The van der Waals surface area contributed by atoms with E-state index >= 15 is 0 Å². The van der Waals surface area contributed by atoms with E-state index in [1.165, 1.54) is 16.0 Å². The van der Waals surface area contributed by atoms with E-state index < -0.39 is 0 Å². The Morgan fingerprint density at radius 1 is 1.28 bits per heavy atom. The van der Waals surface area contributed by atoms with E-state index in [1.54, 1.807) is 18.4 Å². The van der Waals surface area contributed by atoms with E-state index in [0.717, 1.165) is 37.6 Å². The predicted octanol–water partition coefficient (Wildman–Crippen LogP) is 3.98. The minimum Gasteiger partial charge on any atom is -0.496 e. The fraction of sp³-hybridized carbons (Fsp3) is 0.421. The van der Waals surface area contributed by atoms with Crippen molar-refractivity contribution in [3.05, 3.63) is 51.7 Å². The van der Waals surface area contributed by atoms with Gasteiger partial charge < -0.3 is 15.0 Å². The zero-order valence-corrected chi connectivity index (χ0v) is 18.6. The summed E-state index contributed by atoms with van der Waals surface area (Å²) in [5, 5.41) is 5.56. The number of methoxy groups -OCH3 is 1. The highest BCUT2D eigenvalue weighted by Gasteiger charge is 2.08. The standard InChI is InChI=1S/C19H27N3OS.HI/c1-15-7-8-18(23-4)16(14-15)9-11-21-19(20-2)22(3)12-10-17-6-5-13-24-17;/h5-8,13-14H,9-12H2,1-4H3,(H,20,21);1H. The van der Waals surface area contributed by atoms with Gasteiger partial charge in [-0.2, -0.15) is 0 Å². The Labute approximate surface area is 172 Å². The molecule has 0 radical (unpaired) electrons. The zero-order chi connectivity index (χ0) is 17.4. The molecule has 0 unspecified atom stereocenters. The van der Waals surface area contributed by atoms with Gasteiger partial charge in [-0.1, -0.05) is 23.8 Å². The fourth-order valence-electron chi connectivity index (χ4n) is 2.64. The van der Waals surface area contributed by atoms with Gasteiger partial charge in [0.25, 0.3) is 0 Å². The number of benzene rings is 1. The molecule has 1 heterocycles. The van der Waals surface area contributed by atoms with Gasteiger partial charge in [0.05, 0.1) is 7.11 Å². The van der Waals surface area contributed by atoms with Gasteiger partial charge in [0.1, 0.15) is 5.75 Å². The van der Waals surface area contributed by atoms with Crippen LogP contribution < -0.4 is 10.1 Å². The minimum atomic E-state index is 0. The molecule has 0 spiro atoms. The number of halogens is 1. The summed E-state index contributed by atoms with van der Waals surface area (Å²) in [6.07, 6.45) is 1.95. The molecule has 0 aliphatic heterocycles. The Kier molecular flexibility index (Phi) is 9.89. The third-order valence-corrected chi connectivity index (χ3v) is 4.90. The van der Waals surface area contributed by atoms with E-state index in [9.17, 15) is 0 Å². The third kappa shape index (κ3) is 6.86.